The molecule has 2 aliphatic rings. The number of nitrogens with one attached hydrogen (secondary N) is 2. The topological polar surface area (TPSA) is 61.4 Å². The van der Waals surface area contributed by atoms with Gasteiger partial charge < -0.3 is 15.7 Å². The molecule has 4 nitrogen and oxygen atoms in total. The number of aromatic hydroxyl groups is 1. The molecule has 25 heavy (non-hydrogen) atoms. The Kier molecular flexibility index (Phi) is 3.80. The van der Waals surface area contributed by atoms with E-state index in [1.54, 1.807) is 23.5 Å². The molecule has 4 rings (SSSR count). The van der Waals surface area contributed by atoms with Gasteiger partial charge in [0.15, 0.2) is 0 Å². The van der Waals surface area contributed by atoms with Crippen LogP contribution in [0.5, 0.6) is 5.75 Å². The number of phenols is 1. The first-order chi connectivity index (χ1) is 11.8. The highest BCUT2D eigenvalue weighted by molar-refractivity contribution is 7.16. The third kappa shape index (κ3) is 2.80. The van der Waals surface area contributed by atoms with Crippen LogP contribution in [-0.4, -0.2) is 11.0 Å². The van der Waals surface area contributed by atoms with Crippen molar-refractivity contribution in [1.82, 2.24) is 5.32 Å². The van der Waals surface area contributed by atoms with Crippen molar-refractivity contribution in [3.05, 3.63) is 45.8 Å². The van der Waals surface area contributed by atoms with E-state index in [-0.39, 0.29) is 23.2 Å². The van der Waals surface area contributed by atoms with Crippen molar-refractivity contribution in [2.45, 2.75) is 46.2 Å². The summed E-state index contributed by atoms with van der Waals surface area (Å²) < 4.78 is 0. The van der Waals surface area contributed by atoms with Gasteiger partial charge in [-0.1, -0.05) is 39.0 Å². The van der Waals surface area contributed by atoms with Crippen LogP contribution in [-0.2, 0) is 12.8 Å². The SMILES string of the molecule is CC(C)(C)[C@H]1CCc2c(sc3c2C(=O)N[C@@H](c2ccccc2O)N3)C1. The normalized spacial score (nSPS) is 22.6. The lowest BCUT2D eigenvalue weighted by Gasteiger charge is -2.34. The number of benzene rings is 1. The van der Waals surface area contributed by atoms with Gasteiger partial charge in [0.25, 0.3) is 5.91 Å². The molecule has 2 heterocycles. The van der Waals surface area contributed by atoms with Crippen molar-refractivity contribution in [3.8, 4) is 5.75 Å². The zero-order valence-corrected chi connectivity index (χ0v) is 15.7. The van der Waals surface area contributed by atoms with Crippen molar-refractivity contribution in [2.24, 2.45) is 11.3 Å². The molecule has 0 bridgehead atoms. The molecule has 1 aromatic carbocycles. The number of hydrogen-bond donors (Lipinski definition) is 3. The summed E-state index contributed by atoms with van der Waals surface area (Å²) in [5, 5.41) is 17.5. The van der Waals surface area contributed by atoms with Gasteiger partial charge in [0.05, 0.1) is 5.56 Å². The van der Waals surface area contributed by atoms with Gasteiger partial charge in [-0.15, -0.1) is 11.3 Å². The Morgan fingerprint density at radius 2 is 1.96 bits per heavy atom. The van der Waals surface area contributed by atoms with E-state index in [9.17, 15) is 9.90 Å². The van der Waals surface area contributed by atoms with Gasteiger partial charge in [-0.05, 0) is 42.2 Å². The lowest BCUT2D eigenvalue weighted by atomic mass is 9.72. The van der Waals surface area contributed by atoms with E-state index in [1.807, 2.05) is 12.1 Å². The van der Waals surface area contributed by atoms with Gasteiger partial charge in [-0.2, -0.15) is 0 Å². The van der Waals surface area contributed by atoms with Crippen LogP contribution in [0.4, 0.5) is 5.00 Å². The number of anilines is 1. The number of phenolic OH excluding ortho intramolecular Hbond substituents is 1. The minimum Gasteiger partial charge on any atom is -0.508 e. The highest BCUT2D eigenvalue weighted by atomic mass is 32.1. The van der Waals surface area contributed by atoms with Crippen molar-refractivity contribution in [1.29, 1.82) is 0 Å². The Morgan fingerprint density at radius 3 is 2.68 bits per heavy atom. The average molecular weight is 356 g/mol. The molecule has 0 saturated carbocycles. The molecule has 1 aliphatic heterocycles. The molecule has 0 radical (unpaired) electrons. The van der Waals surface area contributed by atoms with Crippen molar-refractivity contribution < 1.29 is 9.90 Å². The molecule has 5 heteroatoms. The molecule has 1 amide bonds. The van der Waals surface area contributed by atoms with Crippen LogP contribution in [0, 0.1) is 11.3 Å². The van der Waals surface area contributed by atoms with Crippen molar-refractivity contribution >= 4 is 22.2 Å². The first-order valence-corrected chi connectivity index (χ1v) is 9.66. The van der Waals surface area contributed by atoms with Gasteiger partial charge >= 0.3 is 0 Å². The molecule has 1 aliphatic carbocycles. The smallest absolute Gasteiger partial charge is 0.256 e. The van der Waals surface area contributed by atoms with E-state index in [0.29, 0.717) is 11.5 Å². The molecular weight excluding hydrogens is 332 g/mol. The molecule has 0 unspecified atom stereocenters. The number of hydrogen-bond acceptors (Lipinski definition) is 4. The maximum atomic E-state index is 12.8. The molecule has 0 spiro atoms. The maximum Gasteiger partial charge on any atom is 0.256 e. The standard InChI is InChI=1S/C20H24N2O2S/c1-20(2,3)11-8-9-13-15(10-11)25-19-16(13)18(24)21-17(22-19)12-6-4-5-7-14(12)23/h4-7,11,17,22-23H,8-10H2,1-3H3,(H,21,24)/t11-,17+/m0/s1. The Labute approximate surface area is 152 Å². The second-order valence-electron chi connectivity index (χ2n) is 8.12. The van der Waals surface area contributed by atoms with Crippen LogP contribution >= 0.6 is 11.3 Å². The van der Waals surface area contributed by atoms with Gasteiger partial charge in [0, 0.05) is 10.4 Å². The third-order valence-corrected chi connectivity index (χ3v) is 6.70. The van der Waals surface area contributed by atoms with E-state index in [4.69, 9.17) is 0 Å². The summed E-state index contributed by atoms with van der Waals surface area (Å²) in [5.41, 5.74) is 3.02. The van der Waals surface area contributed by atoms with Crippen molar-refractivity contribution in [3.63, 3.8) is 0 Å². The lowest BCUT2D eigenvalue weighted by molar-refractivity contribution is 0.0934. The summed E-state index contributed by atoms with van der Waals surface area (Å²) in [6.07, 6.45) is 2.77. The number of amides is 1. The van der Waals surface area contributed by atoms with Crippen LogP contribution in [0.15, 0.2) is 24.3 Å². The molecular formula is C20H24N2O2S. The average Bonchev–Trinajstić information content (AvgIpc) is 2.92. The summed E-state index contributed by atoms with van der Waals surface area (Å²) in [7, 11) is 0. The van der Waals surface area contributed by atoms with Gasteiger partial charge in [0.2, 0.25) is 0 Å². The molecule has 1 aromatic heterocycles. The van der Waals surface area contributed by atoms with Crippen LogP contribution < -0.4 is 10.6 Å². The zero-order valence-electron chi connectivity index (χ0n) is 14.8. The molecule has 3 N–H and O–H groups in total. The molecule has 2 atom stereocenters. The quantitative estimate of drug-likeness (QED) is 0.707. The highest BCUT2D eigenvalue weighted by Gasteiger charge is 2.36. The first-order valence-electron chi connectivity index (χ1n) is 8.84. The Balaban J connectivity index is 1.67. The number of para-hydroxylation sites is 1. The maximum absolute atomic E-state index is 12.8. The summed E-state index contributed by atoms with van der Waals surface area (Å²) in [4.78, 5) is 14.1. The van der Waals surface area contributed by atoms with E-state index in [2.05, 4.69) is 31.4 Å². The third-order valence-electron chi connectivity index (χ3n) is 5.52. The number of rotatable bonds is 1. The fourth-order valence-corrected chi connectivity index (χ4v) is 5.28. The van der Waals surface area contributed by atoms with Gasteiger partial charge in [-0.3, -0.25) is 4.79 Å². The fourth-order valence-electron chi connectivity index (χ4n) is 3.92. The summed E-state index contributed by atoms with van der Waals surface area (Å²) in [6, 6.07) is 7.13. The summed E-state index contributed by atoms with van der Waals surface area (Å²) in [5.74, 6) is 0.809. The Bertz CT molecular complexity index is 835. The number of carbonyl (C=O) groups is 1. The monoisotopic (exact) mass is 356 g/mol. The Hall–Kier alpha value is -2.01. The largest absolute Gasteiger partial charge is 0.508 e. The second-order valence-corrected chi connectivity index (χ2v) is 9.23. The van der Waals surface area contributed by atoms with Gasteiger partial charge in [0.1, 0.15) is 16.9 Å². The summed E-state index contributed by atoms with van der Waals surface area (Å²) in [6.45, 7) is 6.90. The number of carbonyl (C=O) groups excluding carboxylic acids is 1. The van der Waals surface area contributed by atoms with Crippen molar-refractivity contribution in [2.75, 3.05) is 5.32 Å². The minimum absolute atomic E-state index is 0.0336. The lowest BCUT2D eigenvalue weighted by Crippen LogP contribution is -2.38. The van der Waals surface area contributed by atoms with Crippen LogP contribution in [0.2, 0.25) is 0 Å². The van der Waals surface area contributed by atoms with Crippen LogP contribution in [0.1, 0.15) is 59.7 Å². The highest BCUT2D eigenvalue weighted by Crippen LogP contribution is 2.46. The first kappa shape index (κ1) is 16.5. The zero-order chi connectivity index (χ0) is 17.8. The molecule has 0 fully saturated rings. The van der Waals surface area contributed by atoms with Crippen LogP contribution in [0.3, 0.4) is 0 Å². The summed E-state index contributed by atoms with van der Waals surface area (Å²) >= 11 is 1.71. The molecule has 0 saturated heterocycles. The molecule has 132 valence electrons. The van der Waals surface area contributed by atoms with E-state index < -0.39 is 0 Å². The number of thiophene rings is 1. The minimum atomic E-state index is -0.389. The fraction of sp³-hybridized carbons (Fsp3) is 0.450. The molecule has 2 aromatic rings. The van der Waals surface area contributed by atoms with E-state index >= 15 is 0 Å². The van der Waals surface area contributed by atoms with E-state index in [1.165, 1.54) is 10.4 Å². The van der Waals surface area contributed by atoms with E-state index in [0.717, 1.165) is 29.8 Å². The second kappa shape index (κ2) is 5.77. The number of fused-ring (bicyclic) bond motifs is 3. The predicted octanol–water partition coefficient (Wildman–Crippen LogP) is 4.46. The van der Waals surface area contributed by atoms with Gasteiger partial charge in [-0.25, -0.2) is 0 Å². The van der Waals surface area contributed by atoms with Crippen LogP contribution in [0.25, 0.3) is 0 Å². The Morgan fingerprint density at radius 1 is 1.20 bits per heavy atom. The predicted molar refractivity (Wildman–Crippen MR) is 101 cm³/mol.